The van der Waals surface area contributed by atoms with Crippen LogP contribution in [0.3, 0.4) is 0 Å². The molecule has 2 heterocycles. The first-order chi connectivity index (χ1) is 13.7. The number of ether oxygens (including phenoxy) is 1. The third-order valence-corrected chi connectivity index (χ3v) is 3.87. The monoisotopic (exact) mass is 376 g/mol. The van der Waals surface area contributed by atoms with E-state index in [2.05, 4.69) is 20.6 Å². The van der Waals surface area contributed by atoms with Crippen molar-refractivity contribution in [2.24, 2.45) is 0 Å². The van der Waals surface area contributed by atoms with Crippen LogP contribution in [0.5, 0.6) is 0 Å². The predicted molar refractivity (Wildman–Crippen MR) is 106 cm³/mol. The van der Waals surface area contributed by atoms with Gasteiger partial charge in [-0.3, -0.25) is 9.78 Å². The van der Waals surface area contributed by atoms with Crippen LogP contribution < -0.4 is 10.6 Å². The van der Waals surface area contributed by atoms with E-state index in [9.17, 15) is 9.59 Å². The maximum absolute atomic E-state index is 12.5. The summed E-state index contributed by atoms with van der Waals surface area (Å²) in [5.41, 5.74) is 2.59. The van der Waals surface area contributed by atoms with Crippen LogP contribution in [0.4, 0.5) is 11.4 Å². The molecule has 0 radical (unpaired) electrons. The van der Waals surface area contributed by atoms with Crippen molar-refractivity contribution in [2.45, 2.75) is 13.5 Å². The van der Waals surface area contributed by atoms with E-state index in [1.165, 1.54) is 0 Å². The number of carbonyl (C=O) groups excluding carboxylic acids is 2. The van der Waals surface area contributed by atoms with Gasteiger partial charge in [-0.1, -0.05) is 18.2 Å². The second-order valence-electron chi connectivity index (χ2n) is 5.83. The van der Waals surface area contributed by atoms with Crippen molar-refractivity contribution in [1.82, 2.24) is 9.97 Å². The fourth-order valence-electron chi connectivity index (χ4n) is 2.49. The summed E-state index contributed by atoms with van der Waals surface area (Å²) in [6.07, 6.45) is 3.31. The maximum atomic E-state index is 12.5. The number of anilines is 2. The summed E-state index contributed by atoms with van der Waals surface area (Å²) in [6, 6.07) is 15.8. The molecular formula is C21H20N4O3. The van der Waals surface area contributed by atoms with Crippen LogP contribution in [0.25, 0.3) is 0 Å². The van der Waals surface area contributed by atoms with Crippen LogP contribution >= 0.6 is 0 Å². The van der Waals surface area contributed by atoms with Gasteiger partial charge in [-0.05, 0) is 43.3 Å². The second-order valence-corrected chi connectivity index (χ2v) is 5.83. The predicted octanol–water partition coefficient (Wildman–Crippen LogP) is 3.52. The molecule has 0 bridgehead atoms. The molecule has 0 unspecified atom stereocenters. The number of hydrogen-bond donors (Lipinski definition) is 2. The molecule has 0 aliphatic rings. The standard InChI is InChI=1S/C21H20N4O3/c1-2-28-21(27)17-8-3-4-9-18(17)25-20(26)19-11-10-16(14-24-19)23-13-15-7-5-6-12-22-15/h3-12,14,23H,2,13H2,1H3,(H,25,26). The van der Waals surface area contributed by atoms with Gasteiger partial charge >= 0.3 is 5.97 Å². The lowest BCUT2D eigenvalue weighted by atomic mass is 10.1. The normalized spacial score (nSPS) is 10.2. The number of aromatic nitrogens is 2. The molecule has 3 rings (SSSR count). The van der Waals surface area contributed by atoms with Crippen LogP contribution in [0.2, 0.25) is 0 Å². The molecule has 0 fully saturated rings. The average molecular weight is 376 g/mol. The Hall–Kier alpha value is -3.74. The van der Waals surface area contributed by atoms with Gasteiger partial charge in [-0.2, -0.15) is 0 Å². The minimum atomic E-state index is -0.486. The quantitative estimate of drug-likeness (QED) is 0.613. The van der Waals surface area contributed by atoms with Crippen molar-refractivity contribution in [3.05, 3.63) is 83.9 Å². The number of amides is 1. The molecule has 1 amide bonds. The van der Waals surface area contributed by atoms with Crippen molar-refractivity contribution >= 4 is 23.3 Å². The van der Waals surface area contributed by atoms with Crippen LogP contribution in [0, 0.1) is 0 Å². The van der Waals surface area contributed by atoms with Gasteiger partial charge < -0.3 is 15.4 Å². The second kappa shape index (κ2) is 9.27. The van der Waals surface area contributed by atoms with E-state index in [0.717, 1.165) is 11.4 Å². The van der Waals surface area contributed by atoms with Crippen LogP contribution in [0.1, 0.15) is 33.5 Å². The molecule has 0 saturated carbocycles. The van der Waals surface area contributed by atoms with Gasteiger partial charge in [0.1, 0.15) is 5.69 Å². The zero-order chi connectivity index (χ0) is 19.8. The van der Waals surface area contributed by atoms with Crippen LogP contribution in [-0.4, -0.2) is 28.5 Å². The van der Waals surface area contributed by atoms with E-state index < -0.39 is 11.9 Å². The summed E-state index contributed by atoms with van der Waals surface area (Å²) >= 11 is 0. The zero-order valence-corrected chi connectivity index (χ0v) is 15.4. The Kier molecular flexibility index (Phi) is 6.30. The Balaban J connectivity index is 1.65. The number of nitrogens with zero attached hydrogens (tertiary/aromatic N) is 2. The molecule has 0 spiro atoms. The summed E-state index contributed by atoms with van der Waals surface area (Å²) in [6.45, 7) is 2.54. The Morgan fingerprint density at radius 1 is 1.00 bits per heavy atom. The van der Waals surface area contributed by atoms with Crippen molar-refractivity contribution in [3.63, 3.8) is 0 Å². The smallest absolute Gasteiger partial charge is 0.340 e. The number of hydrogen-bond acceptors (Lipinski definition) is 6. The summed E-state index contributed by atoms with van der Waals surface area (Å²) in [5.74, 6) is -0.895. The maximum Gasteiger partial charge on any atom is 0.340 e. The first kappa shape index (κ1) is 19.0. The molecule has 28 heavy (non-hydrogen) atoms. The fourth-order valence-corrected chi connectivity index (χ4v) is 2.49. The highest BCUT2D eigenvalue weighted by Crippen LogP contribution is 2.17. The molecule has 0 aliphatic heterocycles. The fraction of sp³-hybridized carbons (Fsp3) is 0.143. The number of rotatable bonds is 7. The molecule has 3 aromatic rings. The zero-order valence-electron chi connectivity index (χ0n) is 15.4. The molecule has 2 aromatic heterocycles. The van der Waals surface area contributed by atoms with Gasteiger partial charge in [-0.25, -0.2) is 9.78 Å². The van der Waals surface area contributed by atoms with Crippen molar-refractivity contribution in [2.75, 3.05) is 17.2 Å². The number of esters is 1. The molecular weight excluding hydrogens is 356 g/mol. The molecule has 1 aromatic carbocycles. The Bertz CT molecular complexity index is 943. The Labute approximate surface area is 162 Å². The van der Waals surface area contributed by atoms with Gasteiger partial charge in [0, 0.05) is 6.20 Å². The topological polar surface area (TPSA) is 93.2 Å². The molecule has 7 heteroatoms. The first-order valence-electron chi connectivity index (χ1n) is 8.84. The van der Waals surface area contributed by atoms with E-state index in [1.54, 1.807) is 55.7 Å². The third kappa shape index (κ3) is 4.91. The molecule has 0 atom stereocenters. The van der Waals surface area contributed by atoms with Gasteiger partial charge in [0.25, 0.3) is 5.91 Å². The number of para-hydroxylation sites is 1. The highest BCUT2D eigenvalue weighted by atomic mass is 16.5. The van der Waals surface area contributed by atoms with E-state index in [4.69, 9.17) is 4.74 Å². The molecule has 142 valence electrons. The Morgan fingerprint density at radius 3 is 2.54 bits per heavy atom. The molecule has 7 nitrogen and oxygen atoms in total. The van der Waals surface area contributed by atoms with Gasteiger partial charge in [0.2, 0.25) is 0 Å². The van der Waals surface area contributed by atoms with E-state index in [1.807, 2.05) is 18.2 Å². The van der Waals surface area contributed by atoms with Gasteiger partial charge in [0.05, 0.1) is 42.0 Å². The van der Waals surface area contributed by atoms with Crippen molar-refractivity contribution in [3.8, 4) is 0 Å². The number of carbonyl (C=O) groups is 2. The average Bonchev–Trinajstić information content (AvgIpc) is 2.74. The largest absolute Gasteiger partial charge is 0.462 e. The number of pyridine rings is 2. The number of nitrogens with one attached hydrogen (secondary N) is 2. The van der Waals surface area contributed by atoms with Crippen molar-refractivity contribution < 1.29 is 14.3 Å². The minimum Gasteiger partial charge on any atom is -0.462 e. The lowest BCUT2D eigenvalue weighted by Gasteiger charge is -2.10. The third-order valence-electron chi connectivity index (χ3n) is 3.87. The lowest BCUT2D eigenvalue weighted by Crippen LogP contribution is -2.17. The summed E-state index contributed by atoms with van der Waals surface area (Å²) in [5, 5.41) is 5.91. The highest BCUT2D eigenvalue weighted by molar-refractivity contribution is 6.07. The highest BCUT2D eigenvalue weighted by Gasteiger charge is 2.15. The van der Waals surface area contributed by atoms with Crippen LogP contribution in [0.15, 0.2) is 67.0 Å². The van der Waals surface area contributed by atoms with Crippen LogP contribution in [-0.2, 0) is 11.3 Å². The number of benzene rings is 1. The lowest BCUT2D eigenvalue weighted by molar-refractivity contribution is 0.0527. The molecule has 2 N–H and O–H groups in total. The summed E-state index contributed by atoms with van der Waals surface area (Å²) < 4.78 is 5.02. The minimum absolute atomic E-state index is 0.238. The molecule has 0 aliphatic carbocycles. The Morgan fingerprint density at radius 2 is 1.82 bits per heavy atom. The van der Waals surface area contributed by atoms with E-state index in [0.29, 0.717) is 17.8 Å². The van der Waals surface area contributed by atoms with E-state index in [-0.39, 0.29) is 12.3 Å². The van der Waals surface area contributed by atoms with Gasteiger partial charge in [0.15, 0.2) is 0 Å². The summed E-state index contributed by atoms with van der Waals surface area (Å²) in [4.78, 5) is 32.9. The van der Waals surface area contributed by atoms with E-state index >= 15 is 0 Å². The van der Waals surface area contributed by atoms with Crippen molar-refractivity contribution in [1.29, 1.82) is 0 Å². The summed E-state index contributed by atoms with van der Waals surface area (Å²) in [7, 11) is 0. The SMILES string of the molecule is CCOC(=O)c1ccccc1NC(=O)c1ccc(NCc2ccccn2)cn1. The van der Waals surface area contributed by atoms with Gasteiger partial charge in [-0.15, -0.1) is 0 Å². The molecule has 0 saturated heterocycles. The first-order valence-corrected chi connectivity index (χ1v) is 8.84.